The first-order chi connectivity index (χ1) is 8.42. The molecule has 0 aliphatic carbocycles. The fraction of sp³-hybridized carbons (Fsp3) is 0.455. The minimum atomic E-state index is 0. The van der Waals surface area contributed by atoms with Gasteiger partial charge in [-0.2, -0.15) is 16.3 Å². The number of halogens is 2. The Morgan fingerprint density at radius 1 is 1.32 bits per heavy atom. The summed E-state index contributed by atoms with van der Waals surface area (Å²) in [6.07, 6.45) is 0. The van der Waals surface area contributed by atoms with Crippen LogP contribution in [0.15, 0.2) is 21.3 Å². The van der Waals surface area contributed by atoms with Crippen LogP contribution in [0.25, 0.3) is 11.4 Å². The quantitative estimate of drug-likeness (QED) is 0.937. The van der Waals surface area contributed by atoms with Crippen molar-refractivity contribution in [3.05, 3.63) is 22.7 Å². The number of nitrogens with zero attached hydrogens (tertiary/aromatic N) is 3. The lowest BCUT2D eigenvalue weighted by Crippen LogP contribution is -2.42. The zero-order valence-corrected chi connectivity index (χ0v) is 12.7. The fourth-order valence-electron chi connectivity index (χ4n) is 1.89. The summed E-state index contributed by atoms with van der Waals surface area (Å²) < 4.78 is 5.27. The van der Waals surface area contributed by atoms with Crippen molar-refractivity contribution >= 4 is 36.2 Å². The molecule has 2 aromatic rings. The van der Waals surface area contributed by atoms with E-state index in [1.807, 2.05) is 16.8 Å². The zero-order chi connectivity index (χ0) is 11.5. The van der Waals surface area contributed by atoms with Crippen molar-refractivity contribution in [2.75, 3.05) is 26.2 Å². The second-order valence-corrected chi connectivity index (χ2v) is 4.83. The lowest BCUT2D eigenvalue weighted by molar-refractivity contribution is 0.203. The van der Waals surface area contributed by atoms with Crippen molar-refractivity contribution in [3.8, 4) is 11.4 Å². The maximum atomic E-state index is 5.27. The average Bonchev–Trinajstić information content (AvgIpc) is 3.00. The Labute approximate surface area is 128 Å². The summed E-state index contributed by atoms with van der Waals surface area (Å²) in [7, 11) is 0. The van der Waals surface area contributed by atoms with E-state index < -0.39 is 0 Å². The number of hydrogen-bond donors (Lipinski definition) is 1. The Hall–Kier alpha value is -0.660. The molecule has 1 fully saturated rings. The number of piperazine rings is 1. The molecule has 106 valence electrons. The molecule has 0 amide bonds. The molecular weight excluding hydrogens is 307 g/mol. The van der Waals surface area contributed by atoms with E-state index in [4.69, 9.17) is 4.52 Å². The molecule has 1 aliphatic rings. The van der Waals surface area contributed by atoms with Crippen LogP contribution in [0.2, 0.25) is 0 Å². The van der Waals surface area contributed by atoms with E-state index in [0.717, 1.165) is 38.3 Å². The average molecular weight is 323 g/mol. The standard InChI is InChI=1S/C11H14N4OS.2ClH/c1-6-17-8-9(1)11-13-10(16-14-11)7-15-4-2-12-3-5-15;;/h1,6,8,12H,2-5,7H2;2*1H. The number of thiophene rings is 1. The predicted octanol–water partition coefficient (Wildman–Crippen LogP) is 2.05. The van der Waals surface area contributed by atoms with Gasteiger partial charge in [0.25, 0.3) is 0 Å². The highest BCUT2D eigenvalue weighted by Gasteiger charge is 2.14. The largest absolute Gasteiger partial charge is 0.338 e. The Morgan fingerprint density at radius 2 is 2.11 bits per heavy atom. The maximum absolute atomic E-state index is 5.27. The van der Waals surface area contributed by atoms with E-state index >= 15 is 0 Å². The number of aromatic nitrogens is 2. The van der Waals surface area contributed by atoms with E-state index in [0.29, 0.717) is 11.7 Å². The number of rotatable bonds is 3. The SMILES string of the molecule is Cl.Cl.c1cc(-c2noc(CN3CCNCC3)n2)cs1. The molecule has 1 aliphatic heterocycles. The van der Waals surface area contributed by atoms with E-state index in [-0.39, 0.29) is 24.8 Å². The van der Waals surface area contributed by atoms with Crippen molar-refractivity contribution in [2.24, 2.45) is 0 Å². The molecule has 0 saturated carbocycles. The van der Waals surface area contributed by atoms with Crippen LogP contribution in [0.4, 0.5) is 0 Å². The molecule has 0 aromatic carbocycles. The van der Waals surface area contributed by atoms with E-state index in [9.17, 15) is 0 Å². The second-order valence-electron chi connectivity index (χ2n) is 4.05. The topological polar surface area (TPSA) is 54.2 Å². The van der Waals surface area contributed by atoms with Crippen molar-refractivity contribution in [1.29, 1.82) is 0 Å². The number of hydrogen-bond acceptors (Lipinski definition) is 6. The van der Waals surface area contributed by atoms with Crippen LogP contribution in [0, 0.1) is 0 Å². The van der Waals surface area contributed by atoms with Crippen molar-refractivity contribution in [3.63, 3.8) is 0 Å². The Morgan fingerprint density at radius 3 is 2.79 bits per heavy atom. The monoisotopic (exact) mass is 322 g/mol. The summed E-state index contributed by atoms with van der Waals surface area (Å²) in [5.41, 5.74) is 1.03. The minimum absolute atomic E-state index is 0. The van der Waals surface area contributed by atoms with Crippen LogP contribution in [0.1, 0.15) is 5.89 Å². The molecule has 1 N–H and O–H groups in total. The van der Waals surface area contributed by atoms with E-state index in [2.05, 4.69) is 20.4 Å². The van der Waals surface area contributed by atoms with Gasteiger partial charge in [-0.15, -0.1) is 24.8 Å². The third-order valence-corrected chi connectivity index (χ3v) is 3.50. The first-order valence-electron chi connectivity index (χ1n) is 5.70. The van der Waals surface area contributed by atoms with Gasteiger partial charge in [0.2, 0.25) is 11.7 Å². The van der Waals surface area contributed by atoms with Crippen molar-refractivity contribution in [2.45, 2.75) is 6.54 Å². The molecule has 0 unspecified atom stereocenters. The molecule has 1 saturated heterocycles. The highest BCUT2D eigenvalue weighted by molar-refractivity contribution is 7.08. The summed E-state index contributed by atoms with van der Waals surface area (Å²) in [6, 6.07) is 2.00. The fourth-order valence-corrected chi connectivity index (χ4v) is 2.52. The van der Waals surface area contributed by atoms with Gasteiger partial charge in [0.05, 0.1) is 6.54 Å². The van der Waals surface area contributed by atoms with Gasteiger partial charge in [0.15, 0.2) is 0 Å². The van der Waals surface area contributed by atoms with Crippen LogP contribution in [-0.4, -0.2) is 41.2 Å². The summed E-state index contributed by atoms with van der Waals surface area (Å²) in [5.74, 6) is 1.39. The highest BCUT2D eigenvalue weighted by atomic mass is 35.5. The van der Waals surface area contributed by atoms with Gasteiger partial charge in [-0.05, 0) is 11.4 Å². The molecular formula is C11H16Cl2N4OS. The molecule has 0 radical (unpaired) electrons. The molecule has 3 heterocycles. The molecule has 0 spiro atoms. The summed E-state index contributed by atoms with van der Waals surface area (Å²) in [6.45, 7) is 4.89. The van der Waals surface area contributed by atoms with Crippen LogP contribution in [-0.2, 0) is 6.54 Å². The number of nitrogens with one attached hydrogen (secondary N) is 1. The Kier molecular flexibility index (Phi) is 6.74. The summed E-state index contributed by atoms with van der Waals surface area (Å²) in [5, 5.41) is 11.4. The smallest absolute Gasteiger partial charge is 0.241 e. The van der Waals surface area contributed by atoms with Gasteiger partial charge in [0.1, 0.15) is 0 Å². The lowest BCUT2D eigenvalue weighted by Gasteiger charge is -2.25. The van der Waals surface area contributed by atoms with E-state index in [1.165, 1.54) is 0 Å². The summed E-state index contributed by atoms with van der Waals surface area (Å²) >= 11 is 1.64. The van der Waals surface area contributed by atoms with Gasteiger partial charge in [-0.1, -0.05) is 5.16 Å². The molecule has 3 rings (SSSR count). The van der Waals surface area contributed by atoms with Gasteiger partial charge in [-0.3, -0.25) is 4.90 Å². The van der Waals surface area contributed by atoms with Crippen LogP contribution >= 0.6 is 36.2 Å². The first kappa shape index (κ1) is 16.4. The Bertz CT molecular complexity index is 471. The zero-order valence-electron chi connectivity index (χ0n) is 10.2. The van der Waals surface area contributed by atoms with Crippen molar-refractivity contribution in [1.82, 2.24) is 20.4 Å². The molecule has 2 aromatic heterocycles. The third-order valence-electron chi connectivity index (χ3n) is 2.82. The van der Waals surface area contributed by atoms with Crippen LogP contribution in [0.3, 0.4) is 0 Å². The van der Waals surface area contributed by atoms with Crippen LogP contribution in [0.5, 0.6) is 0 Å². The van der Waals surface area contributed by atoms with Gasteiger partial charge in [-0.25, -0.2) is 0 Å². The minimum Gasteiger partial charge on any atom is -0.338 e. The molecule has 0 bridgehead atoms. The van der Waals surface area contributed by atoms with Gasteiger partial charge in [0, 0.05) is 37.1 Å². The Balaban J connectivity index is 0.000000902. The molecule has 0 atom stereocenters. The lowest BCUT2D eigenvalue weighted by atomic mass is 10.3. The van der Waals surface area contributed by atoms with Crippen LogP contribution < -0.4 is 5.32 Å². The van der Waals surface area contributed by atoms with Gasteiger partial charge >= 0.3 is 0 Å². The molecule has 19 heavy (non-hydrogen) atoms. The third kappa shape index (κ3) is 4.15. The molecule has 5 nitrogen and oxygen atoms in total. The first-order valence-corrected chi connectivity index (χ1v) is 6.64. The predicted molar refractivity (Wildman–Crippen MR) is 80.3 cm³/mol. The van der Waals surface area contributed by atoms with Gasteiger partial charge < -0.3 is 9.84 Å². The van der Waals surface area contributed by atoms with Crippen molar-refractivity contribution < 1.29 is 4.52 Å². The highest BCUT2D eigenvalue weighted by Crippen LogP contribution is 2.19. The summed E-state index contributed by atoms with van der Waals surface area (Å²) in [4.78, 5) is 6.73. The van der Waals surface area contributed by atoms with E-state index in [1.54, 1.807) is 11.3 Å². The normalized spacial score (nSPS) is 15.6. The molecule has 8 heteroatoms. The maximum Gasteiger partial charge on any atom is 0.241 e. The second kappa shape index (κ2) is 7.81.